The molecule has 0 radical (unpaired) electrons. The van der Waals surface area contributed by atoms with Gasteiger partial charge in [-0.05, 0) is 18.2 Å². The van der Waals surface area contributed by atoms with Gasteiger partial charge in [0.2, 0.25) is 0 Å². The monoisotopic (exact) mass is 248 g/mol. The molecule has 1 rings (SSSR count). The quantitative estimate of drug-likeness (QED) is 0.635. The zero-order valence-corrected chi connectivity index (χ0v) is 9.29. The van der Waals surface area contributed by atoms with Gasteiger partial charge in [-0.1, -0.05) is 23.2 Å². The van der Waals surface area contributed by atoms with Gasteiger partial charge in [-0.25, -0.2) is 0 Å². The van der Waals surface area contributed by atoms with E-state index >= 15 is 0 Å². The minimum absolute atomic E-state index is 0.00219. The third-order valence-electron chi connectivity index (χ3n) is 1.86. The van der Waals surface area contributed by atoms with Gasteiger partial charge in [0.25, 0.3) is 0 Å². The van der Waals surface area contributed by atoms with Crippen LogP contribution in [-0.2, 0) is 0 Å². The van der Waals surface area contributed by atoms with E-state index in [1.807, 2.05) is 0 Å². The SMILES string of the molecule is O=C(CCC(O)O)c1ccc(Cl)cc1Cl. The fourth-order valence-electron chi connectivity index (χ4n) is 1.11. The van der Waals surface area contributed by atoms with Crippen LogP contribution in [-0.4, -0.2) is 22.3 Å². The first kappa shape index (κ1) is 12.5. The van der Waals surface area contributed by atoms with Gasteiger partial charge in [-0.3, -0.25) is 4.79 Å². The molecule has 0 aliphatic rings. The summed E-state index contributed by atoms with van der Waals surface area (Å²) in [6, 6.07) is 4.57. The summed E-state index contributed by atoms with van der Waals surface area (Å²) in [5.74, 6) is -0.232. The molecule has 0 aliphatic carbocycles. The second-order valence-electron chi connectivity index (χ2n) is 3.07. The highest BCUT2D eigenvalue weighted by atomic mass is 35.5. The average molecular weight is 249 g/mol. The van der Waals surface area contributed by atoms with Crippen molar-refractivity contribution in [3.05, 3.63) is 33.8 Å². The number of ketones is 1. The predicted octanol–water partition coefficient (Wildman–Crippen LogP) is 2.27. The Bertz CT molecular complexity index is 364. The summed E-state index contributed by atoms with van der Waals surface area (Å²) in [6.45, 7) is 0. The number of carbonyl (C=O) groups excluding carboxylic acids is 1. The van der Waals surface area contributed by atoms with Crippen LogP contribution in [0.4, 0.5) is 0 Å². The molecule has 0 fully saturated rings. The van der Waals surface area contributed by atoms with E-state index in [-0.39, 0.29) is 23.6 Å². The summed E-state index contributed by atoms with van der Waals surface area (Å²) in [7, 11) is 0. The number of benzene rings is 1. The average Bonchev–Trinajstić information content (AvgIpc) is 2.14. The first-order valence-corrected chi connectivity index (χ1v) is 5.10. The van der Waals surface area contributed by atoms with Crippen LogP contribution in [0.25, 0.3) is 0 Å². The summed E-state index contributed by atoms with van der Waals surface area (Å²) < 4.78 is 0. The van der Waals surface area contributed by atoms with Gasteiger partial charge in [0.05, 0.1) is 5.02 Å². The largest absolute Gasteiger partial charge is 0.368 e. The second-order valence-corrected chi connectivity index (χ2v) is 3.91. The lowest BCUT2D eigenvalue weighted by molar-refractivity contribution is -0.0450. The number of aliphatic hydroxyl groups is 2. The highest BCUT2D eigenvalue weighted by Gasteiger charge is 2.11. The third-order valence-corrected chi connectivity index (χ3v) is 2.41. The van der Waals surface area contributed by atoms with Crippen LogP contribution in [0.3, 0.4) is 0 Å². The Morgan fingerprint density at radius 2 is 2.00 bits per heavy atom. The highest BCUT2D eigenvalue weighted by molar-refractivity contribution is 6.36. The van der Waals surface area contributed by atoms with Gasteiger partial charge in [-0.2, -0.15) is 0 Å². The van der Waals surface area contributed by atoms with Gasteiger partial charge < -0.3 is 10.2 Å². The Morgan fingerprint density at radius 1 is 1.33 bits per heavy atom. The number of rotatable bonds is 4. The Kier molecular flexibility index (Phi) is 4.54. The number of halogens is 2. The number of hydrogen-bond donors (Lipinski definition) is 2. The van der Waals surface area contributed by atoms with Crippen molar-refractivity contribution in [2.75, 3.05) is 0 Å². The number of carbonyl (C=O) groups is 1. The normalized spacial score (nSPS) is 10.7. The van der Waals surface area contributed by atoms with Crippen LogP contribution in [0, 0.1) is 0 Å². The molecular formula is C10H10Cl2O3. The Labute approximate surface area is 97.2 Å². The molecule has 0 atom stereocenters. The molecule has 0 heterocycles. The molecule has 0 saturated heterocycles. The molecule has 15 heavy (non-hydrogen) atoms. The Morgan fingerprint density at radius 3 is 2.53 bits per heavy atom. The molecule has 82 valence electrons. The topological polar surface area (TPSA) is 57.5 Å². The smallest absolute Gasteiger partial charge is 0.164 e. The molecule has 0 aromatic heterocycles. The van der Waals surface area contributed by atoms with Crippen LogP contribution in [0.5, 0.6) is 0 Å². The van der Waals surface area contributed by atoms with E-state index in [4.69, 9.17) is 33.4 Å². The molecular weight excluding hydrogens is 239 g/mol. The standard InChI is InChI=1S/C10H10Cl2O3/c11-6-1-2-7(8(12)5-6)9(13)3-4-10(14)15/h1-2,5,10,14-15H,3-4H2. The van der Waals surface area contributed by atoms with Gasteiger partial charge in [0.15, 0.2) is 12.1 Å². The number of aliphatic hydroxyl groups excluding tert-OH is 1. The fourth-order valence-corrected chi connectivity index (χ4v) is 1.62. The lowest BCUT2D eigenvalue weighted by atomic mass is 10.1. The summed E-state index contributed by atoms with van der Waals surface area (Å²) >= 11 is 11.5. The predicted molar refractivity (Wildman–Crippen MR) is 58.3 cm³/mol. The van der Waals surface area contributed by atoms with Crippen LogP contribution in [0.1, 0.15) is 23.2 Å². The fraction of sp³-hybridized carbons (Fsp3) is 0.300. The van der Waals surface area contributed by atoms with Crippen LogP contribution < -0.4 is 0 Å². The van der Waals surface area contributed by atoms with E-state index in [0.717, 1.165) is 0 Å². The zero-order chi connectivity index (χ0) is 11.4. The Balaban J connectivity index is 2.74. The van der Waals surface area contributed by atoms with E-state index in [9.17, 15) is 4.79 Å². The van der Waals surface area contributed by atoms with Crippen molar-refractivity contribution in [3.8, 4) is 0 Å². The van der Waals surface area contributed by atoms with Crippen molar-refractivity contribution in [2.45, 2.75) is 19.1 Å². The zero-order valence-electron chi connectivity index (χ0n) is 7.78. The molecule has 5 heteroatoms. The molecule has 1 aromatic carbocycles. The molecule has 0 aliphatic heterocycles. The van der Waals surface area contributed by atoms with E-state index < -0.39 is 6.29 Å². The highest BCUT2D eigenvalue weighted by Crippen LogP contribution is 2.22. The van der Waals surface area contributed by atoms with Crippen molar-refractivity contribution < 1.29 is 15.0 Å². The second kappa shape index (κ2) is 5.47. The molecule has 0 bridgehead atoms. The molecule has 0 amide bonds. The van der Waals surface area contributed by atoms with Gasteiger partial charge in [0, 0.05) is 23.4 Å². The van der Waals surface area contributed by atoms with Gasteiger partial charge in [0.1, 0.15) is 0 Å². The van der Waals surface area contributed by atoms with Crippen molar-refractivity contribution in [3.63, 3.8) is 0 Å². The first-order chi connectivity index (χ1) is 7.00. The van der Waals surface area contributed by atoms with E-state index in [1.54, 1.807) is 6.07 Å². The van der Waals surface area contributed by atoms with Crippen LogP contribution >= 0.6 is 23.2 Å². The first-order valence-electron chi connectivity index (χ1n) is 4.35. The van der Waals surface area contributed by atoms with Gasteiger partial charge >= 0.3 is 0 Å². The number of Topliss-reactive ketones (excluding diaryl/α,β-unsaturated/α-hetero) is 1. The maximum Gasteiger partial charge on any atom is 0.164 e. The minimum Gasteiger partial charge on any atom is -0.368 e. The molecule has 1 aromatic rings. The lowest BCUT2D eigenvalue weighted by Gasteiger charge is -2.05. The number of hydrogen-bond acceptors (Lipinski definition) is 3. The molecule has 0 saturated carbocycles. The van der Waals surface area contributed by atoms with E-state index in [0.29, 0.717) is 10.6 Å². The lowest BCUT2D eigenvalue weighted by Crippen LogP contribution is -2.08. The molecule has 0 spiro atoms. The molecule has 2 N–H and O–H groups in total. The summed E-state index contributed by atoms with van der Waals surface area (Å²) in [6.07, 6.45) is -1.43. The van der Waals surface area contributed by atoms with E-state index in [1.165, 1.54) is 12.1 Å². The van der Waals surface area contributed by atoms with Crippen molar-refractivity contribution in [1.29, 1.82) is 0 Å². The van der Waals surface area contributed by atoms with Crippen molar-refractivity contribution in [1.82, 2.24) is 0 Å². The molecule has 0 unspecified atom stereocenters. The molecule has 3 nitrogen and oxygen atoms in total. The maximum absolute atomic E-state index is 11.5. The maximum atomic E-state index is 11.5. The van der Waals surface area contributed by atoms with Gasteiger partial charge in [-0.15, -0.1) is 0 Å². The summed E-state index contributed by atoms with van der Waals surface area (Å²) in [4.78, 5) is 11.5. The van der Waals surface area contributed by atoms with Crippen molar-refractivity contribution in [2.24, 2.45) is 0 Å². The van der Waals surface area contributed by atoms with E-state index in [2.05, 4.69) is 0 Å². The van der Waals surface area contributed by atoms with Crippen molar-refractivity contribution >= 4 is 29.0 Å². The minimum atomic E-state index is -1.47. The van der Waals surface area contributed by atoms with Crippen LogP contribution in [0.2, 0.25) is 10.0 Å². The third kappa shape index (κ3) is 3.80. The van der Waals surface area contributed by atoms with Crippen LogP contribution in [0.15, 0.2) is 18.2 Å². The summed E-state index contributed by atoms with van der Waals surface area (Å²) in [5.41, 5.74) is 0.349. The Hall–Kier alpha value is -0.610. The summed E-state index contributed by atoms with van der Waals surface area (Å²) in [5, 5.41) is 18.0.